The lowest BCUT2D eigenvalue weighted by atomic mass is 10.2. The normalized spacial score (nSPS) is 10.4. The second kappa shape index (κ2) is 9.24. The SMILES string of the molecule is COc1ccc(-c2nc(COC(=O)c3ccccc3Oc3ccccc3)cs2)cc1. The summed E-state index contributed by atoms with van der Waals surface area (Å²) in [5.74, 6) is 1.44. The number of aromatic nitrogens is 1. The molecule has 5 nitrogen and oxygen atoms in total. The summed E-state index contributed by atoms with van der Waals surface area (Å²) in [6.07, 6.45) is 0. The molecule has 0 saturated carbocycles. The van der Waals surface area contributed by atoms with E-state index < -0.39 is 5.97 Å². The monoisotopic (exact) mass is 417 g/mol. The molecule has 3 aromatic carbocycles. The van der Waals surface area contributed by atoms with Gasteiger partial charge in [0.2, 0.25) is 0 Å². The lowest BCUT2D eigenvalue weighted by Gasteiger charge is -2.10. The zero-order valence-electron chi connectivity index (χ0n) is 16.3. The van der Waals surface area contributed by atoms with Gasteiger partial charge in [-0.3, -0.25) is 0 Å². The Bertz CT molecular complexity index is 1120. The lowest BCUT2D eigenvalue weighted by molar-refractivity contribution is 0.0465. The molecular formula is C24H19NO4S. The standard InChI is InChI=1S/C24H19NO4S/c1-27-19-13-11-17(12-14-19)23-25-18(16-30-23)15-28-24(26)21-9-5-6-10-22(21)29-20-7-3-2-4-8-20/h2-14,16H,15H2,1H3. The molecule has 0 bridgehead atoms. The number of rotatable bonds is 7. The second-order valence-corrected chi connectivity index (χ2v) is 7.22. The Morgan fingerprint density at radius 2 is 1.63 bits per heavy atom. The molecule has 0 radical (unpaired) electrons. The maximum atomic E-state index is 12.6. The van der Waals surface area contributed by atoms with Gasteiger partial charge in [0.1, 0.15) is 34.4 Å². The zero-order valence-corrected chi connectivity index (χ0v) is 17.1. The van der Waals surface area contributed by atoms with Crippen LogP contribution in [0.2, 0.25) is 0 Å². The Balaban J connectivity index is 1.42. The molecule has 0 fully saturated rings. The summed E-state index contributed by atoms with van der Waals surface area (Å²) in [6, 6.07) is 24.0. The van der Waals surface area contributed by atoms with Crippen LogP contribution in [0, 0.1) is 0 Å². The fourth-order valence-electron chi connectivity index (χ4n) is 2.80. The molecule has 0 aliphatic heterocycles. The molecule has 0 unspecified atom stereocenters. The van der Waals surface area contributed by atoms with Gasteiger partial charge in [-0.05, 0) is 48.5 Å². The maximum absolute atomic E-state index is 12.6. The number of carbonyl (C=O) groups is 1. The summed E-state index contributed by atoms with van der Waals surface area (Å²) < 4.78 is 16.5. The topological polar surface area (TPSA) is 57.7 Å². The van der Waals surface area contributed by atoms with Crippen molar-refractivity contribution in [2.45, 2.75) is 6.61 Å². The van der Waals surface area contributed by atoms with Crippen molar-refractivity contribution in [2.75, 3.05) is 7.11 Å². The second-order valence-electron chi connectivity index (χ2n) is 6.36. The molecule has 30 heavy (non-hydrogen) atoms. The van der Waals surface area contributed by atoms with Crippen LogP contribution >= 0.6 is 11.3 Å². The number of benzene rings is 3. The van der Waals surface area contributed by atoms with Crippen molar-refractivity contribution >= 4 is 17.3 Å². The Kier molecular flexibility index (Phi) is 6.06. The Morgan fingerprint density at radius 1 is 0.900 bits per heavy atom. The van der Waals surface area contributed by atoms with E-state index in [9.17, 15) is 4.79 Å². The number of thiazole rings is 1. The van der Waals surface area contributed by atoms with Crippen molar-refractivity contribution in [3.8, 4) is 27.8 Å². The molecule has 0 amide bonds. The first-order chi connectivity index (χ1) is 14.7. The molecule has 0 N–H and O–H groups in total. The molecule has 150 valence electrons. The fourth-order valence-corrected chi connectivity index (χ4v) is 3.61. The van der Waals surface area contributed by atoms with Crippen molar-refractivity contribution in [1.29, 1.82) is 0 Å². The fraction of sp³-hybridized carbons (Fsp3) is 0.0833. The van der Waals surface area contributed by atoms with Gasteiger partial charge in [-0.1, -0.05) is 30.3 Å². The number of methoxy groups -OCH3 is 1. The molecule has 1 aromatic heterocycles. The van der Waals surface area contributed by atoms with Gasteiger partial charge in [-0.2, -0.15) is 0 Å². The lowest BCUT2D eigenvalue weighted by Crippen LogP contribution is -2.07. The van der Waals surface area contributed by atoms with Gasteiger partial charge in [-0.25, -0.2) is 9.78 Å². The molecule has 0 aliphatic rings. The van der Waals surface area contributed by atoms with Crippen molar-refractivity contribution < 1.29 is 19.0 Å². The molecule has 4 rings (SSSR count). The number of hydrogen-bond acceptors (Lipinski definition) is 6. The van der Waals surface area contributed by atoms with Crippen LogP contribution in [0.3, 0.4) is 0 Å². The Morgan fingerprint density at radius 3 is 2.40 bits per heavy atom. The molecule has 6 heteroatoms. The number of hydrogen-bond donors (Lipinski definition) is 0. The van der Waals surface area contributed by atoms with Gasteiger partial charge in [-0.15, -0.1) is 11.3 Å². The third kappa shape index (κ3) is 4.67. The van der Waals surface area contributed by atoms with Crippen molar-refractivity contribution in [3.05, 3.63) is 95.5 Å². The summed E-state index contributed by atoms with van der Waals surface area (Å²) in [4.78, 5) is 17.2. The highest BCUT2D eigenvalue weighted by Gasteiger charge is 2.15. The van der Waals surface area contributed by atoms with Crippen molar-refractivity contribution in [3.63, 3.8) is 0 Å². The number of carbonyl (C=O) groups excluding carboxylic acids is 1. The predicted octanol–water partition coefficient (Wildman–Crippen LogP) is 5.97. The first-order valence-corrected chi connectivity index (χ1v) is 10.2. The van der Waals surface area contributed by atoms with E-state index in [-0.39, 0.29) is 6.61 Å². The first kappa shape index (κ1) is 19.7. The molecule has 1 heterocycles. The van der Waals surface area contributed by atoms with Crippen molar-refractivity contribution in [2.24, 2.45) is 0 Å². The molecule has 0 saturated heterocycles. The quantitative estimate of drug-likeness (QED) is 0.347. The average molecular weight is 417 g/mol. The van der Waals surface area contributed by atoms with E-state index in [1.54, 1.807) is 25.3 Å². The van der Waals surface area contributed by atoms with Crippen LogP contribution in [-0.2, 0) is 11.3 Å². The van der Waals surface area contributed by atoms with Gasteiger partial charge in [0.15, 0.2) is 0 Å². The van der Waals surface area contributed by atoms with Crippen LogP contribution in [-0.4, -0.2) is 18.1 Å². The molecule has 0 atom stereocenters. The van der Waals surface area contributed by atoms with Crippen LogP contribution in [0.4, 0.5) is 0 Å². The summed E-state index contributed by atoms with van der Waals surface area (Å²) in [5, 5.41) is 2.75. The Hall–Kier alpha value is -3.64. The highest BCUT2D eigenvalue weighted by Crippen LogP contribution is 2.28. The van der Waals surface area contributed by atoms with Gasteiger partial charge in [0, 0.05) is 10.9 Å². The zero-order chi connectivity index (χ0) is 20.8. The molecular weight excluding hydrogens is 398 g/mol. The summed E-state index contributed by atoms with van der Waals surface area (Å²) in [6.45, 7) is 0.0885. The number of para-hydroxylation sites is 2. The van der Waals surface area contributed by atoms with E-state index in [1.807, 2.05) is 66.0 Å². The largest absolute Gasteiger partial charge is 0.497 e. The summed E-state index contributed by atoms with van der Waals surface area (Å²) in [7, 11) is 1.63. The van der Waals surface area contributed by atoms with Crippen molar-refractivity contribution in [1.82, 2.24) is 4.98 Å². The van der Waals surface area contributed by atoms with Crippen LogP contribution < -0.4 is 9.47 Å². The van der Waals surface area contributed by atoms with Crippen LogP contribution in [0.5, 0.6) is 17.2 Å². The van der Waals surface area contributed by atoms with Gasteiger partial charge >= 0.3 is 5.97 Å². The number of nitrogens with zero attached hydrogens (tertiary/aromatic N) is 1. The summed E-state index contributed by atoms with van der Waals surface area (Å²) in [5.41, 5.74) is 2.05. The number of esters is 1. The van der Waals surface area contributed by atoms with E-state index in [0.29, 0.717) is 22.8 Å². The third-order valence-corrected chi connectivity index (χ3v) is 5.26. The third-order valence-electron chi connectivity index (χ3n) is 4.32. The van der Waals surface area contributed by atoms with E-state index in [4.69, 9.17) is 14.2 Å². The van der Waals surface area contributed by atoms with E-state index in [2.05, 4.69) is 4.98 Å². The van der Waals surface area contributed by atoms with E-state index >= 15 is 0 Å². The molecule has 4 aromatic rings. The first-order valence-electron chi connectivity index (χ1n) is 9.31. The van der Waals surface area contributed by atoms with E-state index in [0.717, 1.165) is 16.3 Å². The summed E-state index contributed by atoms with van der Waals surface area (Å²) >= 11 is 1.50. The van der Waals surface area contributed by atoms with Crippen LogP contribution in [0.15, 0.2) is 84.2 Å². The smallest absolute Gasteiger partial charge is 0.342 e. The Labute approximate surface area is 178 Å². The highest BCUT2D eigenvalue weighted by atomic mass is 32.1. The van der Waals surface area contributed by atoms with Crippen LogP contribution in [0.25, 0.3) is 10.6 Å². The van der Waals surface area contributed by atoms with Gasteiger partial charge in [0.25, 0.3) is 0 Å². The minimum atomic E-state index is -0.458. The van der Waals surface area contributed by atoms with E-state index in [1.165, 1.54) is 11.3 Å². The predicted molar refractivity (Wildman–Crippen MR) is 116 cm³/mol. The molecule has 0 aliphatic carbocycles. The minimum Gasteiger partial charge on any atom is -0.497 e. The molecule has 0 spiro atoms. The number of ether oxygens (including phenoxy) is 3. The average Bonchev–Trinajstić information content (AvgIpc) is 3.28. The van der Waals surface area contributed by atoms with Gasteiger partial charge < -0.3 is 14.2 Å². The van der Waals surface area contributed by atoms with Crippen LogP contribution in [0.1, 0.15) is 16.1 Å². The highest BCUT2D eigenvalue weighted by molar-refractivity contribution is 7.13. The maximum Gasteiger partial charge on any atom is 0.342 e. The van der Waals surface area contributed by atoms with Gasteiger partial charge in [0.05, 0.1) is 12.8 Å². The minimum absolute atomic E-state index is 0.0885.